The summed E-state index contributed by atoms with van der Waals surface area (Å²) in [6.45, 7) is 4.02. The molecule has 0 aromatic carbocycles. The van der Waals surface area contributed by atoms with Crippen molar-refractivity contribution in [2.75, 3.05) is 20.2 Å². The number of methoxy groups -OCH3 is 1. The summed E-state index contributed by atoms with van der Waals surface area (Å²) in [5.41, 5.74) is 0. The summed E-state index contributed by atoms with van der Waals surface area (Å²) in [5.74, 6) is 0.917. The Labute approximate surface area is 96.6 Å². The Hall–Kier alpha value is -0.610. The number of hydrogen-bond acceptors (Lipinski definition) is 4. The van der Waals surface area contributed by atoms with Crippen LogP contribution in [-0.2, 0) is 9.53 Å². The van der Waals surface area contributed by atoms with Crippen molar-refractivity contribution in [3.63, 3.8) is 0 Å². The Morgan fingerprint density at radius 3 is 2.88 bits per heavy atom. The van der Waals surface area contributed by atoms with Crippen LogP contribution in [0.15, 0.2) is 0 Å². The molecular weight excluding hydrogens is 206 g/mol. The molecule has 0 spiro atoms. The topological polar surface area (TPSA) is 49.8 Å². The molecule has 2 fully saturated rings. The van der Waals surface area contributed by atoms with Crippen molar-refractivity contribution in [1.82, 2.24) is 4.90 Å². The van der Waals surface area contributed by atoms with Crippen LogP contribution in [0.3, 0.4) is 0 Å². The van der Waals surface area contributed by atoms with Gasteiger partial charge >= 0.3 is 5.97 Å². The maximum atomic E-state index is 11.2. The highest BCUT2D eigenvalue weighted by Crippen LogP contribution is 2.38. The van der Waals surface area contributed by atoms with Crippen molar-refractivity contribution >= 4 is 5.97 Å². The Morgan fingerprint density at radius 1 is 1.50 bits per heavy atom. The summed E-state index contributed by atoms with van der Waals surface area (Å²) in [6.07, 6.45) is 2.41. The van der Waals surface area contributed by atoms with E-state index >= 15 is 0 Å². The average molecular weight is 227 g/mol. The van der Waals surface area contributed by atoms with Crippen LogP contribution in [0.4, 0.5) is 0 Å². The Bertz CT molecular complexity index is 269. The third kappa shape index (κ3) is 2.23. The summed E-state index contributed by atoms with van der Waals surface area (Å²) in [6, 6.07) is 0.227. The highest BCUT2D eigenvalue weighted by molar-refractivity contribution is 5.69. The van der Waals surface area contributed by atoms with E-state index in [-0.39, 0.29) is 18.1 Å². The highest BCUT2D eigenvalue weighted by Gasteiger charge is 2.43. The molecule has 1 aliphatic heterocycles. The van der Waals surface area contributed by atoms with E-state index in [0.717, 1.165) is 25.9 Å². The van der Waals surface area contributed by atoms with E-state index in [1.807, 2.05) is 0 Å². The van der Waals surface area contributed by atoms with Gasteiger partial charge in [-0.25, -0.2) is 0 Å². The normalized spacial score (nSPS) is 36.1. The number of ether oxygens (including phenoxy) is 1. The highest BCUT2D eigenvalue weighted by atomic mass is 16.5. The monoisotopic (exact) mass is 227 g/mol. The quantitative estimate of drug-likeness (QED) is 0.719. The van der Waals surface area contributed by atoms with E-state index in [4.69, 9.17) is 0 Å². The minimum Gasteiger partial charge on any atom is -0.469 e. The fourth-order valence-electron chi connectivity index (χ4n) is 3.08. The van der Waals surface area contributed by atoms with Gasteiger partial charge in [0.25, 0.3) is 0 Å². The second-order valence-corrected chi connectivity index (χ2v) is 5.15. The molecule has 0 radical (unpaired) electrons. The Kier molecular flexibility index (Phi) is 3.50. The predicted octanol–water partition coefficient (Wildman–Crippen LogP) is 0.641. The molecule has 1 saturated heterocycles. The van der Waals surface area contributed by atoms with Crippen LogP contribution in [0.2, 0.25) is 0 Å². The van der Waals surface area contributed by atoms with Gasteiger partial charge in [-0.05, 0) is 25.7 Å². The van der Waals surface area contributed by atoms with Gasteiger partial charge in [0.05, 0.1) is 19.6 Å². The number of fused-ring (bicyclic) bond motifs is 1. The zero-order valence-electron chi connectivity index (χ0n) is 10.1. The molecule has 0 aromatic heterocycles. The molecule has 1 heterocycles. The molecule has 92 valence electrons. The smallest absolute Gasteiger partial charge is 0.307 e. The summed E-state index contributed by atoms with van der Waals surface area (Å²) in [4.78, 5) is 13.5. The van der Waals surface area contributed by atoms with Crippen LogP contribution in [0.1, 0.15) is 26.2 Å². The third-order valence-corrected chi connectivity index (χ3v) is 4.16. The molecule has 2 rings (SSSR count). The first-order valence-corrected chi connectivity index (χ1v) is 6.10. The molecule has 1 saturated carbocycles. The van der Waals surface area contributed by atoms with Gasteiger partial charge in [-0.1, -0.05) is 0 Å². The second-order valence-electron chi connectivity index (χ2n) is 5.15. The third-order valence-electron chi connectivity index (χ3n) is 4.16. The lowest BCUT2D eigenvalue weighted by atomic mass is 10.00. The maximum absolute atomic E-state index is 11.2. The zero-order valence-corrected chi connectivity index (χ0v) is 10.1. The van der Waals surface area contributed by atoms with Crippen molar-refractivity contribution in [3.05, 3.63) is 0 Å². The minimum atomic E-state index is -0.148. The van der Waals surface area contributed by atoms with Gasteiger partial charge in [-0.3, -0.25) is 9.69 Å². The van der Waals surface area contributed by atoms with Crippen LogP contribution in [0, 0.1) is 11.8 Å². The number of carbonyl (C=O) groups excluding carboxylic acids is 1. The zero-order chi connectivity index (χ0) is 11.7. The van der Waals surface area contributed by atoms with Gasteiger partial charge in [-0.2, -0.15) is 0 Å². The van der Waals surface area contributed by atoms with Crippen LogP contribution in [0.25, 0.3) is 0 Å². The minimum absolute atomic E-state index is 0.125. The number of aliphatic hydroxyl groups is 1. The van der Waals surface area contributed by atoms with Crippen molar-refractivity contribution in [2.24, 2.45) is 11.8 Å². The first-order valence-electron chi connectivity index (χ1n) is 6.10. The lowest BCUT2D eigenvalue weighted by molar-refractivity contribution is -0.141. The van der Waals surface area contributed by atoms with Gasteiger partial charge in [0.2, 0.25) is 0 Å². The molecule has 0 bridgehead atoms. The number of aliphatic hydroxyl groups excluding tert-OH is 1. The fraction of sp³-hybridized carbons (Fsp3) is 0.917. The number of nitrogens with zero attached hydrogens (tertiary/aromatic N) is 1. The standard InChI is InChI=1S/C12H21NO3/c1-8(5-12(15)16-2)13-6-9-3-4-11(14)10(9)7-13/h8-11,14H,3-7H2,1-2H3. The predicted molar refractivity (Wildman–Crippen MR) is 59.9 cm³/mol. The van der Waals surface area contributed by atoms with Crippen LogP contribution in [-0.4, -0.2) is 48.3 Å². The second kappa shape index (κ2) is 4.72. The van der Waals surface area contributed by atoms with Crippen LogP contribution >= 0.6 is 0 Å². The fourth-order valence-corrected chi connectivity index (χ4v) is 3.08. The van der Waals surface area contributed by atoms with Gasteiger partial charge in [-0.15, -0.1) is 0 Å². The largest absolute Gasteiger partial charge is 0.469 e. The molecule has 4 atom stereocenters. The summed E-state index contributed by atoms with van der Waals surface area (Å²) < 4.78 is 4.68. The first kappa shape index (κ1) is 11.9. The average Bonchev–Trinajstić information content (AvgIpc) is 2.81. The van der Waals surface area contributed by atoms with E-state index in [9.17, 15) is 9.90 Å². The van der Waals surface area contributed by atoms with Gasteiger partial charge < -0.3 is 9.84 Å². The lowest BCUT2D eigenvalue weighted by Gasteiger charge is -2.24. The molecular formula is C12H21NO3. The Balaban J connectivity index is 1.86. The summed E-state index contributed by atoms with van der Waals surface area (Å²) in [7, 11) is 1.43. The number of esters is 1. The Morgan fingerprint density at radius 2 is 2.25 bits per heavy atom. The van der Waals surface area contributed by atoms with Crippen LogP contribution < -0.4 is 0 Å². The summed E-state index contributed by atoms with van der Waals surface area (Å²) in [5, 5.41) is 9.81. The SMILES string of the molecule is COC(=O)CC(C)N1CC2CCC(O)C2C1. The molecule has 1 aliphatic carbocycles. The molecule has 4 nitrogen and oxygen atoms in total. The molecule has 1 N–H and O–H groups in total. The van der Waals surface area contributed by atoms with E-state index < -0.39 is 0 Å². The number of rotatable bonds is 3. The number of carbonyl (C=O) groups is 1. The first-order chi connectivity index (χ1) is 7.61. The van der Waals surface area contributed by atoms with Gasteiger partial charge in [0.15, 0.2) is 0 Å². The number of hydrogen-bond donors (Lipinski definition) is 1. The van der Waals surface area contributed by atoms with Gasteiger partial charge in [0.1, 0.15) is 0 Å². The molecule has 16 heavy (non-hydrogen) atoms. The van der Waals surface area contributed by atoms with Crippen molar-refractivity contribution < 1.29 is 14.6 Å². The van der Waals surface area contributed by atoms with E-state index in [2.05, 4.69) is 16.6 Å². The van der Waals surface area contributed by atoms with Crippen molar-refractivity contribution in [2.45, 2.75) is 38.3 Å². The molecule has 4 heteroatoms. The molecule has 0 amide bonds. The van der Waals surface area contributed by atoms with Gasteiger partial charge in [0, 0.05) is 25.0 Å². The molecule has 2 aliphatic rings. The lowest BCUT2D eigenvalue weighted by Crippen LogP contribution is -2.34. The van der Waals surface area contributed by atoms with E-state index in [0.29, 0.717) is 18.3 Å². The number of likely N-dealkylation sites (tertiary alicyclic amines) is 1. The van der Waals surface area contributed by atoms with E-state index in [1.54, 1.807) is 0 Å². The van der Waals surface area contributed by atoms with E-state index in [1.165, 1.54) is 7.11 Å². The molecule has 4 unspecified atom stereocenters. The van der Waals surface area contributed by atoms with Crippen molar-refractivity contribution in [3.8, 4) is 0 Å². The van der Waals surface area contributed by atoms with Crippen molar-refractivity contribution in [1.29, 1.82) is 0 Å². The molecule has 0 aromatic rings. The summed E-state index contributed by atoms with van der Waals surface area (Å²) >= 11 is 0. The maximum Gasteiger partial charge on any atom is 0.307 e. The van der Waals surface area contributed by atoms with Crippen LogP contribution in [0.5, 0.6) is 0 Å².